The monoisotopic (exact) mass is 334 g/mol. The number of fused-ring (bicyclic) bond motifs is 1. The number of benzene rings is 1. The van der Waals surface area contributed by atoms with Crippen LogP contribution in [-0.4, -0.2) is 38.6 Å². The van der Waals surface area contributed by atoms with Gasteiger partial charge in [-0.2, -0.15) is 5.10 Å². The second-order valence-electron chi connectivity index (χ2n) is 4.36. The van der Waals surface area contributed by atoms with Gasteiger partial charge in [0.05, 0.1) is 22.9 Å². The number of nitrogens with zero attached hydrogens (tertiary/aromatic N) is 3. The van der Waals surface area contributed by atoms with Gasteiger partial charge < -0.3 is 10.4 Å². The van der Waals surface area contributed by atoms with Gasteiger partial charge in [-0.15, -0.1) is 16.4 Å². The van der Waals surface area contributed by atoms with E-state index in [-0.39, 0.29) is 12.3 Å². The van der Waals surface area contributed by atoms with E-state index in [1.165, 1.54) is 17.6 Å². The number of amides is 1. The topological polar surface area (TPSA) is 104 Å². The Kier molecular flexibility index (Phi) is 4.16. The average Bonchev–Trinajstić information content (AvgIpc) is 3.02. The molecule has 7 nitrogen and oxygen atoms in total. The molecule has 112 valence electrons. The number of aromatic nitrogens is 1. The number of aliphatic carboxylic acids is 1. The Balaban J connectivity index is 1.68. The number of carboxylic acids is 1. The van der Waals surface area contributed by atoms with Gasteiger partial charge in [0.1, 0.15) is 10.3 Å². The van der Waals surface area contributed by atoms with Crippen LogP contribution in [0, 0.1) is 0 Å². The summed E-state index contributed by atoms with van der Waals surface area (Å²) in [6.07, 6.45) is 1.27. The SMILES string of the molecule is O=C(O)CC1S/C(=N/N=C/c2nc3ccccc3s2)NC1=O. The third-order valence-corrected chi connectivity index (χ3v) is 4.81. The Bertz CT molecular complexity index is 766. The van der Waals surface area contributed by atoms with Gasteiger partial charge in [0.15, 0.2) is 5.17 Å². The molecular formula is C13H10N4O3S2. The van der Waals surface area contributed by atoms with Crippen molar-refractivity contribution in [3.63, 3.8) is 0 Å². The minimum Gasteiger partial charge on any atom is -0.481 e. The molecular weight excluding hydrogens is 324 g/mol. The van der Waals surface area contributed by atoms with E-state index in [2.05, 4.69) is 20.5 Å². The smallest absolute Gasteiger partial charge is 0.305 e. The maximum atomic E-state index is 11.5. The van der Waals surface area contributed by atoms with E-state index in [1.807, 2.05) is 24.3 Å². The first kappa shape index (κ1) is 14.7. The molecule has 2 heterocycles. The normalized spacial score (nSPS) is 20.1. The number of hydrogen-bond donors (Lipinski definition) is 2. The van der Waals surface area contributed by atoms with Crippen molar-refractivity contribution in [3.05, 3.63) is 29.3 Å². The van der Waals surface area contributed by atoms with Gasteiger partial charge in [0, 0.05) is 0 Å². The molecule has 1 aliphatic rings. The highest BCUT2D eigenvalue weighted by Gasteiger charge is 2.32. The summed E-state index contributed by atoms with van der Waals surface area (Å²) in [5, 5.41) is 19.3. The number of nitrogens with one attached hydrogen (secondary N) is 1. The van der Waals surface area contributed by atoms with Crippen LogP contribution >= 0.6 is 23.1 Å². The molecule has 9 heteroatoms. The fourth-order valence-corrected chi connectivity index (χ4v) is 3.57. The first-order valence-electron chi connectivity index (χ1n) is 6.28. The minimum atomic E-state index is -1.02. The third-order valence-electron chi connectivity index (χ3n) is 2.76. The summed E-state index contributed by atoms with van der Waals surface area (Å²) < 4.78 is 1.06. The number of amidine groups is 1. The quantitative estimate of drug-likeness (QED) is 0.654. The second-order valence-corrected chi connectivity index (χ2v) is 6.62. The number of rotatable bonds is 4. The van der Waals surface area contributed by atoms with Gasteiger partial charge in [0.2, 0.25) is 5.91 Å². The van der Waals surface area contributed by atoms with Crippen molar-refractivity contribution in [2.45, 2.75) is 11.7 Å². The largest absolute Gasteiger partial charge is 0.481 e. The molecule has 0 spiro atoms. The number of hydrogen-bond acceptors (Lipinski definition) is 7. The molecule has 0 radical (unpaired) electrons. The van der Waals surface area contributed by atoms with Crippen LogP contribution in [0.3, 0.4) is 0 Å². The fourth-order valence-electron chi connectivity index (χ4n) is 1.82. The molecule has 0 bridgehead atoms. The molecule has 2 N–H and O–H groups in total. The van der Waals surface area contributed by atoms with Crippen molar-refractivity contribution in [3.8, 4) is 0 Å². The van der Waals surface area contributed by atoms with Crippen molar-refractivity contribution < 1.29 is 14.7 Å². The molecule has 1 atom stereocenters. The lowest BCUT2D eigenvalue weighted by atomic mass is 10.3. The number of thioether (sulfide) groups is 1. The number of carbonyl (C=O) groups excluding carboxylic acids is 1. The Morgan fingerprint density at radius 2 is 2.27 bits per heavy atom. The minimum absolute atomic E-state index is 0.239. The van der Waals surface area contributed by atoms with Crippen molar-refractivity contribution in [1.29, 1.82) is 0 Å². The number of carboxylic acid groups (broad SMARTS) is 1. The number of para-hydroxylation sites is 1. The Hall–Kier alpha value is -2.26. The highest BCUT2D eigenvalue weighted by atomic mass is 32.2. The first-order chi connectivity index (χ1) is 10.6. The van der Waals surface area contributed by atoms with Gasteiger partial charge in [-0.05, 0) is 12.1 Å². The molecule has 1 aromatic heterocycles. The van der Waals surface area contributed by atoms with Crippen molar-refractivity contribution >= 4 is 56.6 Å². The Morgan fingerprint density at radius 3 is 3.05 bits per heavy atom. The van der Waals surface area contributed by atoms with Crippen LogP contribution in [0.15, 0.2) is 34.5 Å². The van der Waals surface area contributed by atoms with E-state index in [0.717, 1.165) is 22.0 Å². The van der Waals surface area contributed by atoms with Crippen molar-refractivity contribution in [2.75, 3.05) is 0 Å². The van der Waals surface area contributed by atoms with E-state index in [1.54, 1.807) is 0 Å². The van der Waals surface area contributed by atoms with Crippen LogP contribution in [0.2, 0.25) is 0 Å². The second kappa shape index (κ2) is 6.24. The van der Waals surface area contributed by atoms with Crippen LogP contribution in [0.1, 0.15) is 11.4 Å². The molecule has 1 aliphatic heterocycles. The van der Waals surface area contributed by atoms with E-state index in [4.69, 9.17) is 5.11 Å². The van der Waals surface area contributed by atoms with Crippen LogP contribution in [0.25, 0.3) is 10.2 Å². The van der Waals surface area contributed by atoms with E-state index < -0.39 is 11.2 Å². The summed E-state index contributed by atoms with van der Waals surface area (Å²) in [4.78, 5) is 26.5. The first-order valence-corrected chi connectivity index (χ1v) is 7.97. The van der Waals surface area contributed by atoms with Crippen LogP contribution in [0.4, 0.5) is 0 Å². The van der Waals surface area contributed by atoms with E-state index >= 15 is 0 Å². The summed E-state index contributed by atoms with van der Waals surface area (Å²) in [6.45, 7) is 0. The van der Waals surface area contributed by atoms with Crippen LogP contribution < -0.4 is 5.32 Å². The van der Waals surface area contributed by atoms with Gasteiger partial charge in [-0.25, -0.2) is 4.98 Å². The molecule has 22 heavy (non-hydrogen) atoms. The lowest BCUT2D eigenvalue weighted by Crippen LogP contribution is -2.26. The summed E-state index contributed by atoms with van der Waals surface area (Å²) in [5.41, 5.74) is 0.895. The van der Waals surface area contributed by atoms with Crippen molar-refractivity contribution in [2.24, 2.45) is 10.2 Å². The summed E-state index contributed by atoms with van der Waals surface area (Å²) in [6, 6.07) is 7.74. The van der Waals surface area contributed by atoms with Gasteiger partial charge in [-0.1, -0.05) is 23.9 Å². The molecule has 1 aromatic carbocycles. The maximum absolute atomic E-state index is 11.5. The van der Waals surface area contributed by atoms with Gasteiger partial charge in [0.25, 0.3) is 0 Å². The third kappa shape index (κ3) is 3.31. The lowest BCUT2D eigenvalue weighted by molar-refractivity contribution is -0.138. The molecule has 0 aliphatic carbocycles. The van der Waals surface area contributed by atoms with E-state index in [0.29, 0.717) is 10.2 Å². The lowest BCUT2D eigenvalue weighted by Gasteiger charge is -1.97. The fraction of sp³-hybridized carbons (Fsp3) is 0.154. The average molecular weight is 334 g/mol. The molecule has 1 unspecified atom stereocenters. The predicted molar refractivity (Wildman–Crippen MR) is 86.4 cm³/mol. The zero-order valence-electron chi connectivity index (χ0n) is 11.1. The standard InChI is InChI=1S/C13H10N4O3S2/c18-11(19)5-9-12(20)16-13(22-9)17-14-6-10-15-7-3-1-2-4-8(7)21-10/h1-4,6,9H,5H2,(H,18,19)(H,16,17,20)/b14-6+. The molecule has 0 saturated carbocycles. The van der Waals surface area contributed by atoms with Gasteiger partial charge in [-0.3, -0.25) is 9.59 Å². The highest BCUT2D eigenvalue weighted by Crippen LogP contribution is 2.23. The van der Waals surface area contributed by atoms with E-state index in [9.17, 15) is 9.59 Å². The van der Waals surface area contributed by atoms with Crippen molar-refractivity contribution in [1.82, 2.24) is 10.3 Å². The van der Waals surface area contributed by atoms with Gasteiger partial charge >= 0.3 is 5.97 Å². The predicted octanol–water partition coefficient (Wildman–Crippen LogP) is 1.69. The zero-order chi connectivity index (χ0) is 15.5. The molecule has 1 fully saturated rings. The Labute approximate surface area is 133 Å². The molecule has 1 amide bonds. The van der Waals surface area contributed by atoms with Crippen LogP contribution in [0.5, 0.6) is 0 Å². The molecule has 3 rings (SSSR count). The Morgan fingerprint density at radius 1 is 1.45 bits per heavy atom. The summed E-state index contributed by atoms with van der Waals surface area (Å²) in [7, 11) is 0. The summed E-state index contributed by atoms with van der Waals surface area (Å²) in [5.74, 6) is -1.38. The van der Waals surface area contributed by atoms with Crippen LogP contribution in [-0.2, 0) is 9.59 Å². The zero-order valence-corrected chi connectivity index (χ0v) is 12.7. The number of thiazole rings is 1. The number of carbonyl (C=O) groups is 2. The molecule has 1 saturated heterocycles. The highest BCUT2D eigenvalue weighted by molar-refractivity contribution is 8.15. The maximum Gasteiger partial charge on any atom is 0.305 e. The summed E-state index contributed by atoms with van der Waals surface area (Å²) >= 11 is 2.55. The molecule has 2 aromatic rings.